The van der Waals surface area contributed by atoms with Gasteiger partial charge in [0.25, 0.3) is 0 Å². The van der Waals surface area contributed by atoms with E-state index < -0.39 is 0 Å². The Morgan fingerprint density at radius 1 is 1.05 bits per heavy atom. The minimum Gasteiger partial charge on any atom is -0.312 e. The third-order valence-electron chi connectivity index (χ3n) is 3.05. The summed E-state index contributed by atoms with van der Waals surface area (Å²) < 4.78 is 0. The van der Waals surface area contributed by atoms with E-state index in [2.05, 4.69) is 53.7 Å². The zero-order valence-electron chi connectivity index (χ0n) is 11.7. The van der Waals surface area contributed by atoms with Gasteiger partial charge >= 0.3 is 0 Å². The van der Waals surface area contributed by atoms with E-state index in [-0.39, 0.29) is 0 Å². The van der Waals surface area contributed by atoms with Crippen molar-refractivity contribution < 1.29 is 0 Å². The zero-order chi connectivity index (χ0) is 13.5. The van der Waals surface area contributed by atoms with E-state index in [1.54, 1.807) is 0 Å². The van der Waals surface area contributed by atoms with Crippen molar-refractivity contribution in [2.45, 2.75) is 33.5 Å². The van der Waals surface area contributed by atoms with Crippen LogP contribution in [0.4, 0.5) is 0 Å². The second-order valence-electron chi connectivity index (χ2n) is 4.53. The van der Waals surface area contributed by atoms with Crippen LogP contribution in [0.3, 0.4) is 0 Å². The average Bonchev–Trinajstić information content (AvgIpc) is 3.07. The molecule has 0 amide bonds. The number of rotatable bonds is 8. The molecule has 0 aliphatic rings. The fourth-order valence-corrected chi connectivity index (χ4v) is 3.75. The summed E-state index contributed by atoms with van der Waals surface area (Å²) >= 11 is 3.77. The molecule has 0 aromatic carbocycles. The molecule has 104 valence electrons. The Balaban J connectivity index is 1.88. The molecule has 4 heteroatoms. The summed E-state index contributed by atoms with van der Waals surface area (Å²) in [5.41, 5.74) is 0. The highest BCUT2D eigenvalue weighted by Crippen LogP contribution is 2.20. The smallest absolute Gasteiger partial charge is 0.0331 e. The van der Waals surface area contributed by atoms with Gasteiger partial charge in [0, 0.05) is 34.3 Å². The first kappa shape index (κ1) is 14.7. The molecule has 0 atom stereocenters. The van der Waals surface area contributed by atoms with Crippen molar-refractivity contribution in [2.75, 3.05) is 13.1 Å². The minimum absolute atomic E-state index is 0.998. The fourth-order valence-electron chi connectivity index (χ4n) is 1.97. The van der Waals surface area contributed by atoms with Crippen LogP contribution in [0.15, 0.2) is 29.6 Å². The van der Waals surface area contributed by atoms with Gasteiger partial charge in [-0.15, -0.1) is 22.7 Å². The van der Waals surface area contributed by atoms with Crippen LogP contribution in [0.1, 0.15) is 28.5 Å². The lowest BCUT2D eigenvalue weighted by Gasteiger charge is -2.18. The molecule has 0 spiro atoms. The quantitative estimate of drug-likeness (QED) is 0.793. The molecule has 0 bridgehead atoms. The first-order chi connectivity index (χ1) is 9.31. The predicted octanol–water partition coefficient (Wildman–Crippen LogP) is 3.94. The van der Waals surface area contributed by atoms with Crippen molar-refractivity contribution in [1.82, 2.24) is 10.2 Å². The lowest BCUT2D eigenvalue weighted by atomic mass is 10.3. The van der Waals surface area contributed by atoms with Crippen molar-refractivity contribution in [3.63, 3.8) is 0 Å². The molecule has 1 N–H and O–H groups in total. The van der Waals surface area contributed by atoms with Gasteiger partial charge in [-0.2, -0.15) is 0 Å². The summed E-state index contributed by atoms with van der Waals surface area (Å²) in [5, 5.41) is 5.54. The largest absolute Gasteiger partial charge is 0.312 e. The molecule has 0 saturated heterocycles. The van der Waals surface area contributed by atoms with Crippen LogP contribution < -0.4 is 5.32 Å². The zero-order valence-corrected chi connectivity index (χ0v) is 13.3. The third-order valence-corrected chi connectivity index (χ3v) is 4.98. The van der Waals surface area contributed by atoms with E-state index in [1.165, 1.54) is 14.6 Å². The summed E-state index contributed by atoms with van der Waals surface area (Å²) in [6.07, 6.45) is 0. The topological polar surface area (TPSA) is 15.3 Å². The lowest BCUT2D eigenvalue weighted by Crippen LogP contribution is -2.21. The van der Waals surface area contributed by atoms with E-state index in [0.717, 1.165) is 32.7 Å². The fraction of sp³-hybridized carbons (Fsp3) is 0.467. The van der Waals surface area contributed by atoms with Crippen LogP contribution in [0.2, 0.25) is 0 Å². The second kappa shape index (κ2) is 7.80. The van der Waals surface area contributed by atoms with E-state index in [4.69, 9.17) is 0 Å². The van der Waals surface area contributed by atoms with E-state index in [9.17, 15) is 0 Å². The van der Waals surface area contributed by atoms with Crippen molar-refractivity contribution in [2.24, 2.45) is 0 Å². The number of thiophene rings is 2. The van der Waals surface area contributed by atoms with Gasteiger partial charge in [-0.3, -0.25) is 4.90 Å². The Morgan fingerprint density at radius 3 is 2.53 bits per heavy atom. The summed E-state index contributed by atoms with van der Waals surface area (Å²) in [6, 6.07) is 8.88. The van der Waals surface area contributed by atoms with Gasteiger partial charge in [-0.1, -0.05) is 19.9 Å². The molecule has 2 rings (SSSR count). The Hall–Kier alpha value is -0.680. The summed E-state index contributed by atoms with van der Waals surface area (Å²) in [6.45, 7) is 9.64. The Kier molecular flexibility index (Phi) is 6.04. The summed E-state index contributed by atoms with van der Waals surface area (Å²) in [5.74, 6) is 0. The maximum Gasteiger partial charge on any atom is 0.0331 e. The van der Waals surface area contributed by atoms with E-state index in [0.29, 0.717) is 0 Å². The van der Waals surface area contributed by atoms with Crippen LogP contribution in [0.5, 0.6) is 0 Å². The molecule has 19 heavy (non-hydrogen) atoms. The molecular weight excluding hydrogens is 272 g/mol. The Bertz CT molecular complexity index is 462. The van der Waals surface area contributed by atoms with Gasteiger partial charge in [-0.05, 0) is 36.7 Å². The van der Waals surface area contributed by atoms with Gasteiger partial charge in [0.15, 0.2) is 0 Å². The van der Waals surface area contributed by atoms with Gasteiger partial charge in [0.1, 0.15) is 0 Å². The molecule has 2 aromatic rings. The second-order valence-corrected chi connectivity index (χ2v) is 6.82. The maximum atomic E-state index is 3.38. The van der Waals surface area contributed by atoms with Crippen molar-refractivity contribution >= 4 is 22.7 Å². The molecule has 0 saturated carbocycles. The molecule has 0 aliphatic heterocycles. The van der Waals surface area contributed by atoms with Crippen LogP contribution in [0.25, 0.3) is 0 Å². The van der Waals surface area contributed by atoms with Gasteiger partial charge in [0.05, 0.1) is 0 Å². The monoisotopic (exact) mass is 294 g/mol. The molecule has 2 aromatic heterocycles. The number of nitrogens with zero attached hydrogens (tertiary/aromatic N) is 1. The molecule has 0 radical (unpaired) electrons. The van der Waals surface area contributed by atoms with Crippen LogP contribution in [0, 0.1) is 0 Å². The molecule has 0 fully saturated rings. The molecule has 2 nitrogen and oxygen atoms in total. The molecule has 0 unspecified atom stereocenters. The number of hydrogen-bond acceptors (Lipinski definition) is 4. The Labute approximate surface area is 124 Å². The van der Waals surface area contributed by atoms with Crippen molar-refractivity contribution in [3.05, 3.63) is 44.3 Å². The minimum atomic E-state index is 0.998. The van der Waals surface area contributed by atoms with E-state index in [1.807, 2.05) is 22.7 Å². The Morgan fingerprint density at radius 2 is 1.84 bits per heavy atom. The number of hydrogen-bond donors (Lipinski definition) is 1. The SMILES string of the molecule is CCNCc1ccc(CN(CC)Cc2cccs2)s1. The standard InChI is InChI=1S/C15H22N2S2/c1-3-16-10-13-7-8-15(19-13)12-17(4-2)11-14-6-5-9-18-14/h5-9,16H,3-4,10-12H2,1-2H3. The average molecular weight is 294 g/mol. The highest BCUT2D eigenvalue weighted by Gasteiger charge is 2.07. The van der Waals surface area contributed by atoms with Crippen molar-refractivity contribution in [3.8, 4) is 0 Å². The van der Waals surface area contributed by atoms with Gasteiger partial charge in [-0.25, -0.2) is 0 Å². The highest BCUT2D eigenvalue weighted by molar-refractivity contribution is 7.12. The summed E-state index contributed by atoms with van der Waals surface area (Å²) in [7, 11) is 0. The third kappa shape index (κ3) is 4.73. The highest BCUT2D eigenvalue weighted by atomic mass is 32.1. The van der Waals surface area contributed by atoms with E-state index >= 15 is 0 Å². The van der Waals surface area contributed by atoms with Crippen molar-refractivity contribution in [1.29, 1.82) is 0 Å². The van der Waals surface area contributed by atoms with Gasteiger partial charge in [0.2, 0.25) is 0 Å². The molecule has 0 aliphatic carbocycles. The van der Waals surface area contributed by atoms with Crippen LogP contribution in [-0.2, 0) is 19.6 Å². The molecule has 2 heterocycles. The first-order valence-corrected chi connectivity index (χ1v) is 8.54. The van der Waals surface area contributed by atoms with Crippen LogP contribution in [-0.4, -0.2) is 18.0 Å². The predicted molar refractivity (Wildman–Crippen MR) is 85.8 cm³/mol. The van der Waals surface area contributed by atoms with Crippen LogP contribution >= 0.6 is 22.7 Å². The lowest BCUT2D eigenvalue weighted by molar-refractivity contribution is 0.276. The molecular formula is C15H22N2S2. The normalized spacial score (nSPS) is 11.3. The summed E-state index contributed by atoms with van der Waals surface area (Å²) in [4.78, 5) is 6.84. The van der Waals surface area contributed by atoms with Gasteiger partial charge < -0.3 is 5.32 Å². The maximum absolute atomic E-state index is 3.38. The number of nitrogens with one attached hydrogen (secondary N) is 1. The first-order valence-electron chi connectivity index (χ1n) is 6.84.